The molecular weight excluding hydrogens is 164 g/mol. The van der Waals surface area contributed by atoms with Crippen molar-refractivity contribution in [2.24, 2.45) is 0 Å². The number of nitrogens with zero attached hydrogens (tertiary/aromatic N) is 1. The second-order valence-corrected chi connectivity index (χ2v) is 4.12. The maximum atomic E-state index is 11.3. The third-order valence-corrected chi connectivity index (χ3v) is 3.27. The molecule has 2 heterocycles. The SMILES string of the molecule is CC(=O)N1CCC[C@@H]1[C@H]1CCCN1. The lowest BCUT2D eigenvalue weighted by atomic mass is 10.0. The fourth-order valence-electron chi connectivity index (χ4n) is 2.64. The minimum Gasteiger partial charge on any atom is -0.338 e. The molecule has 0 saturated carbocycles. The molecule has 0 unspecified atom stereocenters. The van der Waals surface area contributed by atoms with Crippen LogP contribution in [0.4, 0.5) is 0 Å². The number of carbonyl (C=O) groups excluding carboxylic acids is 1. The number of hydrogen-bond donors (Lipinski definition) is 1. The van der Waals surface area contributed by atoms with Crippen LogP contribution in [0.25, 0.3) is 0 Å². The second-order valence-electron chi connectivity index (χ2n) is 4.12. The van der Waals surface area contributed by atoms with Crippen LogP contribution in [0, 0.1) is 0 Å². The van der Waals surface area contributed by atoms with Crippen molar-refractivity contribution in [3.63, 3.8) is 0 Å². The van der Waals surface area contributed by atoms with E-state index in [0.29, 0.717) is 12.1 Å². The molecule has 0 aromatic rings. The summed E-state index contributed by atoms with van der Waals surface area (Å²) in [6.07, 6.45) is 4.89. The average Bonchev–Trinajstić information content (AvgIpc) is 2.74. The molecular formula is C10H18N2O. The van der Waals surface area contributed by atoms with E-state index < -0.39 is 0 Å². The Morgan fingerprint density at radius 2 is 2.23 bits per heavy atom. The molecule has 0 aromatic heterocycles. The summed E-state index contributed by atoms with van der Waals surface area (Å²) < 4.78 is 0. The molecule has 1 amide bonds. The summed E-state index contributed by atoms with van der Waals surface area (Å²) in [6.45, 7) is 3.79. The van der Waals surface area contributed by atoms with Gasteiger partial charge in [-0.25, -0.2) is 0 Å². The van der Waals surface area contributed by atoms with Gasteiger partial charge < -0.3 is 10.2 Å². The quantitative estimate of drug-likeness (QED) is 0.649. The van der Waals surface area contributed by atoms with E-state index in [1.165, 1.54) is 25.7 Å². The molecule has 2 saturated heterocycles. The van der Waals surface area contributed by atoms with Crippen LogP contribution in [0.2, 0.25) is 0 Å². The van der Waals surface area contributed by atoms with Crippen LogP contribution in [-0.2, 0) is 4.79 Å². The predicted molar refractivity (Wildman–Crippen MR) is 51.4 cm³/mol. The normalized spacial score (nSPS) is 34.1. The van der Waals surface area contributed by atoms with Crippen molar-refractivity contribution < 1.29 is 4.79 Å². The topological polar surface area (TPSA) is 32.3 Å². The van der Waals surface area contributed by atoms with Crippen LogP contribution in [0.5, 0.6) is 0 Å². The van der Waals surface area contributed by atoms with Gasteiger partial charge in [0.25, 0.3) is 0 Å². The highest BCUT2D eigenvalue weighted by Gasteiger charge is 2.34. The molecule has 3 nitrogen and oxygen atoms in total. The van der Waals surface area contributed by atoms with Gasteiger partial charge in [0.15, 0.2) is 0 Å². The predicted octanol–water partition coefficient (Wildman–Crippen LogP) is 0.749. The first-order chi connectivity index (χ1) is 6.29. The Labute approximate surface area is 79.5 Å². The highest BCUT2D eigenvalue weighted by Crippen LogP contribution is 2.24. The lowest BCUT2D eigenvalue weighted by Crippen LogP contribution is -2.45. The number of rotatable bonds is 1. The maximum Gasteiger partial charge on any atom is 0.219 e. The van der Waals surface area contributed by atoms with E-state index in [-0.39, 0.29) is 5.91 Å². The summed E-state index contributed by atoms with van der Waals surface area (Å²) in [6, 6.07) is 1.06. The maximum absolute atomic E-state index is 11.3. The van der Waals surface area contributed by atoms with Gasteiger partial charge in [-0.3, -0.25) is 4.79 Å². The molecule has 0 aromatic carbocycles. The van der Waals surface area contributed by atoms with Crippen LogP contribution in [0.1, 0.15) is 32.6 Å². The van der Waals surface area contributed by atoms with Crippen LogP contribution in [-0.4, -0.2) is 36.0 Å². The van der Waals surface area contributed by atoms with Gasteiger partial charge >= 0.3 is 0 Å². The monoisotopic (exact) mass is 182 g/mol. The molecule has 74 valence electrons. The summed E-state index contributed by atoms with van der Waals surface area (Å²) in [5, 5.41) is 3.49. The Kier molecular flexibility index (Phi) is 2.54. The van der Waals surface area contributed by atoms with Crippen molar-refractivity contribution in [1.29, 1.82) is 0 Å². The molecule has 2 aliphatic heterocycles. The molecule has 0 spiro atoms. The molecule has 0 bridgehead atoms. The largest absolute Gasteiger partial charge is 0.338 e. The number of amides is 1. The van der Waals surface area contributed by atoms with Crippen molar-refractivity contribution in [2.75, 3.05) is 13.1 Å². The summed E-state index contributed by atoms with van der Waals surface area (Å²) in [5.74, 6) is 0.246. The lowest BCUT2D eigenvalue weighted by molar-refractivity contribution is -0.130. The van der Waals surface area contributed by atoms with E-state index >= 15 is 0 Å². The smallest absolute Gasteiger partial charge is 0.219 e. The summed E-state index contributed by atoms with van der Waals surface area (Å²) in [5.41, 5.74) is 0. The van der Waals surface area contributed by atoms with E-state index in [4.69, 9.17) is 0 Å². The first-order valence-electron chi connectivity index (χ1n) is 5.29. The minimum atomic E-state index is 0.246. The molecule has 1 N–H and O–H groups in total. The Morgan fingerprint density at radius 3 is 2.85 bits per heavy atom. The molecule has 0 radical (unpaired) electrons. The number of likely N-dealkylation sites (tertiary alicyclic amines) is 1. The molecule has 0 aliphatic carbocycles. The van der Waals surface area contributed by atoms with Gasteiger partial charge in [-0.2, -0.15) is 0 Å². The zero-order chi connectivity index (χ0) is 9.26. The van der Waals surface area contributed by atoms with E-state index in [2.05, 4.69) is 5.32 Å². The first kappa shape index (κ1) is 9.00. The highest BCUT2D eigenvalue weighted by atomic mass is 16.2. The van der Waals surface area contributed by atoms with Gasteiger partial charge in [0.05, 0.1) is 0 Å². The van der Waals surface area contributed by atoms with E-state index in [0.717, 1.165) is 13.1 Å². The molecule has 2 atom stereocenters. The highest BCUT2D eigenvalue weighted by molar-refractivity contribution is 5.74. The van der Waals surface area contributed by atoms with Crippen LogP contribution in [0.3, 0.4) is 0 Å². The van der Waals surface area contributed by atoms with Gasteiger partial charge in [0.1, 0.15) is 0 Å². The van der Waals surface area contributed by atoms with Crippen LogP contribution < -0.4 is 5.32 Å². The van der Waals surface area contributed by atoms with Crippen molar-refractivity contribution in [1.82, 2.24) is 10.2 Å². The summed E-state index contributed by atoms with van der Waals surface area (Å²) in [4.78, 5) is 13.4. The zero-order valence-corrected chi connectivity index (χ0v) is 8.25. The fourth-order valence-corrected chi connectivity index (χ4v) is 2.64. The number of carbonyl (C=O) groups is 1. The van der Waals surface area contributed by atoms with E-state index in [1.807, 2.05) is 4.90 Å². The second kappa shape index (κ2) is 3.66. The lowest BCUT2D eigenvalue weighted by Gasteiger charge is -2.28. The molecule has 2 rings (SSSR count). The molecule has 13 heavy (non-hydrogen) atoms. The fraction of sp³-hybridized carbons (Fsp3) is 0.900. The standard InChI is InChI=1S/C10H18N2O/c1-8(13)12-7-3-5-10(12)9-4-2-6-11-9/h9-11H,2-7H2,1H3/t9-,10-/m1/s1. The number of hydrogen-bond acceptors (Lipinski definition) is 2. The number of nitrogens with one attached hydrogen (secondary N) is 1. The zero-order valence-electron chi connectivity index (χ0n) is 8.25. The Balaban J connectivity index is 2.00. The molecule has 2 aliphatic rings. The average molecular weight is 182 g/mol. The summed E-state index contributed by atoms with van der Waals surface area (Å²) in [7, 11) is 0. The van der Waals surface area contributed by atoms with Crippen molar-refractivity contribution >= 4 is 5.91 Å². The third kappa shape index (κ3) is 1.70. The van der Waals surface area contributed by atoms with E-state index in [1.54, 1.807) is 6.92 Å². The third-order valence-electron chi connectivity index (χ3n) is 3.27. The first-order valence-corrected chi connectivity index (χ1v) is 5.29. The van der Waals surface area contributed by atoms with Crippen molar-refractivity contribution in [3.05, 3.63) is 0 Å². The van der Waals surface area contributed by atoms with Gasteiger partial charge in [-0.05, 0) is 32.2 Å². The summed E-state index contributed by atoms with van der Waals surface area (Å²) >= 11 is 0. The van der Waals surface area contributed by atoms with Gasteiger partial charge in [0, 0.05) is 25.6 Å². The van der Waals surface area contributed by atoms with E-state index in [9.17, 15) is 4.79 Å². The molecule has 3 heteroatoms. The van der Waals surface area contributed by atoms with Gasteiger partial charge in [-0.15, -0.1) is 0 Å². The van der Waals surface area contributed by atoms with Crippen LogP contribution in [0.15, 0.2) is 0 Å². The molecule has 2 fully saturated rings. The Bertz CT molecular complexity index is 199. The Morgan fingerprint density at radius 1 is 1.38 bits per heavy atom. The Hall–Kier alpha value is -0.570. The van der Waals surface area contributed by atoms with Gasteiger partial charge in [-0.1, -0.05) is 0 Å². The van der Waals surface area contributed by atoms with Crippen molar-refractivity contribution in [3.8, 4) is 0 Å². The van der Waals surface area contributed by atoms with Crippen LogP contribution >= 0.6 is 0 Å². The minimum absolute atomic E-state index is 0.246. The van der Waals surface area contributed by atoms with Gasteiger partial charge in [0.2, 0.25) is 5.91 Å². The van der Waals surface area contributed by atoms with Crippen molar-refractivity contribution in [2.45, 2.75) is 44.7 Å².